The molecule has 1 unspecified atom stereocenters. The first-order chi connectivity index (χ1) is 13.6. The van der Waals surface area contributed by atoms with Crippen molar-refractivity contribution in [3.8, 4) is 0 Å². The fourth-order valence-electron chi connectivity index (χ4n) is 4.73. The van der Waals surface area contributed by atoms with E-state index < -0.39 is 0 Å². The largest absolute Gasteiger partial charge is 0.373 e. The normalized spacial score (nSPS) is 18.8. The highest BCUT2D eigenvalue weighted by Crippen LogP contribution is 2.47. The number of hydrogen-bond donors (Lipinski definition) is 1. The Bertz CT molecular complexity index is 1100. The standard InChI is InChI=1S/C26H25NO/c1-16(2)17-10-12-19(13-11-17)26-25-21(8-5-9-23(25)28)24-20-7-4-3-6-18(20)14-15-22(24)27-26/h3-4,6-7,10-16,26-27H,5,8-9H2,1-2H3. The van der Waals surface area contributed by atoms with Crippen LogP contribution in [0.25, 0.3) is 16.3 Å². The molecule has 0 spiro atoms. The predicted octanol–water partition coefficient (Wildman–Crippen LogP) is 6.64. The van der Waals surface area contributed by atoms with Gasteiger partial charge in [0.05, 0.1) is 6.04 Å². The number of Topliss-reactive ketones (excluding diaryl/α,β-unsaturated/α-hetero) is 1. The van der Waals surface area contributed by atoms with Crippen LogP contribution in [0.3, 0.4) is 0 Å². The Balaban J connectivity index is 1.71. The number of nitrogens with one attached hydrogen (secondary N) is 1. The monoisotopic (exact) mass is 367 g/mol. The summed E-state index contributed by atoms with van der Waals surface area (Å²) in [7, 11) is 0. The minimum atomic E-state index is -0.0577. The highest BCUT2D eigenvalue weighted by atomic mass is 16.1. The zero-order valence-electron chi connectivity index (χ0n) is 16.5. The average molecular weight is 367 g/mol. The lowest BCUT2D eigenvalue weighted by Gasteiger charge is -2.35. The molecule has 2 aliphatic rings. The molecule has 5 rings (SSSR count). The molecule has 0 saturated heterocycles. The summed E-state index contributed by atoms with van der Waals surface area (Å²) in [5.41, 5.74) is 7.11. The second-order valence-electron chi connectivity index (χ2n) is 8.28. The van der Waals surface area contributed by atoms with Crippen LogP contribution in [0.15, 0.2) is 66.2 Å². The Hall–Kier alpha value is -2.87. The summed E-state index contributed by atoms with van der Waals surface area (Å²) in [5.74, 6) is 0.803. The summed E-state index contributed by atoms with van der Waals surface area (Å²) >= 11 is 0. The summed E-state index contributed by atoms with van der Waals surface area (Å²) in [6.07, 6.45) is 2.57. The van der Waals surface area contributed by atoms with Gasteiger partial charge in [-0.3, -0.25) is 4.79 Å². The van der Waals surface area contributed by atoms with Gasteiger partial charge in [0, 0.05) is 23.2 Å². The molecule has 3 aromatic carbocycles. The molecule has 1 atom stereocenters. The summed E-state index contributed by atoms with van der Waals surface area (Å²) in [5, 5.41) is 6.17. The molecule has 3 aromatic rings. The van der Waals surface area contributed by atoms with Crippen molar-refractivity contribution in [2.45, 2.75) is 45.1 Å². The van der Waals surface area contributed by atoms with Crippen molar-refractivity contribution in [3.05, 3.63) is 82.9 Å². The van der Waals surface area contributed by atoms with Gasteiger partial charge in [0.2, 0.25) is 0 Å². The molecule has 0 radical (unpaired) electrons. The van der Waals surface area contributed by atoms with E-state index in [2.05, 4.69) is 79.8 Å². The quantitative estimate of drug-likeness (QED) is 0.550. The van der Waals surface area contributed by atoms with Gasteiger partial charge in [0.15, 0.2) is 5.78 Å². The van der Waals surface area contributed by atoms with Crippen molar-refractivity contribution in [1.82, 2.24) is 0 Å². The zero-order valence-corrected chi connectivity index (χ0v) is 16.5. The molecule has 2 nitrogen and oxygen atoms in total. The van der Waals surface area contributed by atoms with E-state index in [0.717, 1.165) is 24.1 Å². The Morgan fingerprint density at radius 2 is 1.71 bits per heavy atom. The molecule has 0 saturated carbocycles. The van der Waals surface area contributed by atoms with Gasteiger partial charge in [-0.05, 0) is 52.3 Å². The molecule has 140 valence electrons. The molecular weight excluding hydrogens is 342 g/mol. The van der Waals surface area contributed by atoms with Gasteiger partial charge >= 0.3 is 0 Å². The summed E-state index contributed by atoms with van der Waals surface area (Å²) in [4.78, 5) is 13.0. The number of benzene rings is 3. The average Bonchev–Trinajstić information content (AvgIpc) is 2.73. The number of hydrogen-bond acceptors (Lipinski definition) is 2. The number of ketones is 1. The minimum absolute atomic E-state index is 0.0577. The van der Waals surface area contributed by atoms with Crippen molar-refractivity contribution in [3.63, 3.8) is 0 Å². The zero-order chi connectivity index (χ0) is 19.3. The Kier molecular flexibility index (Phi) is 4.08. The van der Waals surface area contributed by atoms with Crippen LogP contribution in [0, 0.1) is 0 Å². The smallest absolute Gasteiger partial charge is 0.161 e. The van der Waals surface area contributed by atoms with Gasteiger partial charge in [-0.15, -0.1) is 0 Å². The molecule has 1 N–H and O–H groups in total. The maximum Gasteiger partial charge on any atom is 0.161 e. The van der Waals surface area contributed by atoms with E-state index >= 15 is 0 Å². The third-order valence-corrected chi connectivity index (χ3v) is 6.21. The maximum absolute atomic E-state index is 13.0. The number of rotatable bonds is 2. The van der Waals surface area contributed by atoms with Crippen LogP contribution in [0.2, 0.25) is 0 Å². The van der Waals surface area contributed by atoms with E-state index in [4.69, 9.17) is 0 Å². The highest BCUT2D eigenvalue weighted by molar-refractivity contribution is 6.12. The first-order valence-corrected chi connectivity index (χ1v) is 10.3. The van der Waals surface area contributed by atoms with Crippen molar-refractivity contribution in [1.29, 1.82) is 0 Å². The lowest BCUT2D eigenvalue weighted by Crippen LogP contribution is -2.27. The van der Waals surface area contributed by atoms with Crippen LogP contribution in [-0.2, 0) is 4.79 Å². The second-order valence-corrected chi connectivity index (χ2v) is 8.28. The predicted molar refractivity (Wildman–Crippen MR) is 117 cm³/mol. The van der Waals surface area contributed by atoms with Crippen LogP contribution < -0.4 is 5.32 Å². The Morgan fingerprint density at radius 3 is 2.50 bits per heavy atom. The van der Waals surface area contributed by atoms with Gasteiger partial charge in [-0.25, -0.2) is 0 Å². The van der Waals surface area contributed by atoms with Gasteiger partial charge in [0.1, 0.15) is 0 Å². The van der Waals surface area contributed by atoms with E-state index in [-0.39, 0.29) is 6.04 Å². The number of carbonyl (C=O) groups excluding carboxylic acids is 1. The first kappa shape index (κ1) is 17.2. The highest BCUT2D eigenvalue weighted by Gasteiger charge is 2.34. The minimum Gasteiger partial charge on any atom is -0.373 e. The fourth-order valence-corrected chi connectivity index (χ4v) is 4.73. The number of anilines is 1. The molecule has 0 bridgehead atoms. The molecular formula is C26H25NO. The van der Waals surface area contributed by atoms with E-state index in [1.807, 2.05) is 0 Å². The van der Waals surface area contributed by atoms with Crippen molar-refractivity contribution >= 4 is 27.8 Å². The van der Waals surface area contributed by atoms with E-state index in [9.17, 15) is 4.79 Å². The van der Waals surface area contributed by atoms with Crippen molar-refractivity contribution in [2.24, 2.45) is 0 Å². The summed E-state index contributed by atoms with van der Waals surface area (Å²) in [6, 6.07) is 21.6. The van der Waals surface area contributed by atoms with Crippen LogP contribution >= 0.6 is 0 Å². The lowest BCUT2D eigenvalue weighted by atomic mass is 9.76. The number of fused-ring (bicyclic) bond motifs is 4. The molecule has 0 fully saturated rings. The molecule has 0 aromatic heterocycles. The Morgan fingerprint density at radius 1 is 0.929 bits per heavy atom. The van der Waals surface area contributed by atoms with Crippen LogP contribution in [0.5, 0.6) is 0 Å². The van der Waals surface area contributed by atoms with E-state index in [1.54, 1.807) is 0 Å². The number of carbonyl (C=O) groups is 1. The molecule has 1 aliphatic carbocycles. The second kappa shape index (κ2) is 6.63. The molecule has 0 amide bonds. The third-order valence-electron chi connectivity index (χ3n) is 6.21. The summed E-state index contributed by atoms with van der Waals surface area (Å²) in [6.45, 7) is 4.42. The lowest BCUT2D eigenvalue weighted by molar-refractivity contribution is -0.116. The first-order valence-electron chi connectivity index (χ1n) is 10.3. The Labute approximate surface area is 166 Å². The fraction of sp³-hybridized carbons (Fsp3) is 0.269. The molecule has 28 heavy (non-hydrogen) atoms. The van der Waals surface area contributed by atoms with Crippen LogP contribution in [0.4, 0.5) is 5.69 Å². The van der Waals surface area contributed by atoms with Crippen LogP contribution in [-0.4, -0.2) is 5.78 Å². The number of allylic oxidation sites excluding steroid dienone is 1. The molecule has 2 heteroatoms. The third kappa shape index (κ3) is 2.67. The SMILES string of the molecule is CC(C)c1ccc(C2Nc3ccc4ccccc4c3C3=C2C(=O)CCC3)cc1. The van der Waals surface area contributed by atoms with Crippen molar-refractivity contribution < 1.29 is 4.79 Å². The van der Waals surface area contributed by atoms with Gasteiger partial charge in [0.25, 0.3) is 0 Å². The van der Waals surface area contributed by atoms with E-state index in [0.29, 0.717) is 18.1 Å². The summed E-state index contributed by atoms with van der Waals surface area (Å²) < 4.78 is 0. The van der Waals surface area contributed by atoms with Crippen molar-refractivity contribution in [2.75, 3.05) is 5.32 Å². The maximum atomic E-state index is 13.0. The molecule has 1 heterocycles. The molecule has 1 aliphatic heterocycles. The van der Waals surface area contributed by atoms with E-state index in [1.165, 1.54) is 33.0 Å². The van der Waals surface area contributed by atoms with Crippen LogP contribution in [0.1, 0.15) is 61.8 Å². The van der Waals surface area contributed by atoms with Gasteiger partial charge in [-0.1, -0.05) is 68.4 Å². The van der Waals surface area contributed by atoms with Gasteiger partial charge in [-0.2, -0.15) is 0 Å². The topological polar surface area (TPSA) is 29.1 Å². The van der Waals surface area contributed by atoms with Gasteiger partial charge < -0.3 is 5.32 Å².